The van der Waals surface area contributed by atoms with E-state index >= 15 is 0 Å². The topological polar surface area (TPSA) is 34.9 Å². The molecule has 0 atom stereocenters. The molecule has 1 heterocycles. The number of nitrogens with zero attached hydrogens (tertiary/aromatic N) is 2. The number of hydrogen-bond acceptors (Lipinski definition) is 2. The largest absolute Gasteiger partial charge is 0.289 e. The van der Waals surface area contributed by atoms with Crippen molar-refractivity contribution in [3.8, 4) is 0 Å². The molecule has 0 fully saturated rings. The molecule has 98 valence electrons. The highest BCUT2D eigenvalue weighted by Crippen LogP contribution is 2.09. The number of carbonyl (C=O) groups is 1. The van der Waals surface area contributed by atoms with Gasteiger partial charge in [-0.15, -0.1) is 0 Å². The molecule has 0 aliphatic heterocycles. The van der Waals surface area contributed by atoms with Gasteiger partial charge >= 0.3 is 0 Å². The Morgan fingerprint density at radius 3 is 2.84 bits per heavy atom. The highest BCUT2D eigenvalue weighted by atomic mass is 19.1. The first-order valence-electron chi connectivity index (χ1n) is 6.08. The lowest BCUT2D eigenvalue weighted by atomic mass is 10.1. The Balaban J connectivity index is 2.12. The van der Waals surface area contributed by atoms with E-state index in [0.29, 0.717) is 11.1 Å². The van der Waals surface area contributed by atoms with Crippen molar-refractivity contribution in [3.63, 3.8) is 0 Å². The second kappa shape index (κ2) is 5.61. The minimum atomic E-state index is -0.317. The molecule has 0 saturated heterocycles. The number of carbonyl (C=O) groups excluding carboxylic acids is 1. The van der Waals surface area contributed by atoms with Crippen LogP contribution in [-0.4, -0.2) is 15.6 Å². The fraction of sp³-hybridized carbons (Fsp3) is 0.200. The molecule has 19 heavy (non-hydrogen) atoms. The Bertz CT molecular complexity index is 614. The van der Waals surface area contributed by atoms with Gasteiger partial charge in [-0.25, -0.2) is 4.39 Å². The molecule has 0 unspecified atom stereocenters. The van der Waals surface area contributed by atoms with Crippen molar-refractivity contribution >= 4 is 11.9 Å². The zero-order valence-electron chi connectivity index (χ0n) is 10.9. The molecular formula is C15H15FN2O. The number of rotatable bonds is 4. The maximum absolute atomic E-state index is 13.0. The van der Waals surface area contributed by atoms with Crippen molar-refractivity contribution in [2.75, 3.05) is 0 Å². The average Bonchev–Trinajstić information content (AvgIpc) is 2.86. The van der Waals surface area contributed by atoms with E-state index in [1.54, 1.807) is 29.1 Å². The second-order valence-corrected chi connectivity index (χ2v) is 4.56. The molecule has 0 saturated carbocycles. The molecule has 3 nitrogen and oxygen atoms in total. The molecule has 0 aliphatic carbocycles. The molecule has 2 rings (SSSR count). The summed E-state index contributed by atoms with van der Waals surface area (Å²) < 4.78 is 14.7. The van der Waals surface area contributed by atoms with E-state index in [0.717, 1.165) is 0 Å². The zero-order valence-corrected chi connectivity index (χ0v) is 10.9. The van der Waals surface area contributed by atoms with Crippen LogP contribution in [0.3, 0.4) is 0 Å². The smallest absolute Gasteiger partial charge is 0.189 e. The summed E-state index contributed by atoms with van der Waals surface area (Å²) in [6.45, 7) is 3.98. The Labute approximate surface area is 111 Å². The molecule has 1 aromatic carbocycles. The predicted molar refractivity (Wildman–Crippen MR) is 72.4 cm³/mol. The molecule has 0 amide bonds. The van der Waals surface area contributed by atoms with Gasteiger partial charge in [0.2, 0.25) is 0 Å². The van der Waals surface area contributed by atoms with Crippen LogP contribution in [0.1, 0.15) is 35.8 Å². The lowest BCUT2D eigenvalue weighted by Crippen LogP contribution is -2.00. The molecule has 0 N–H and O–H groups in total. The van der Waals surface area contributed by atoms with Gasteiger partial charge in [0.15, 0.2) is 5.78 Å². The molecule has 2 aromatic rings. The van der Waals surface area contributed by atoms with Gasteiger partial charge < -0.3 is 0 Å². The molecule has 0 radical (unpaired) electrons. The van der Waals surface area contributed by atoms with Crippen molar-refractivity contribution in [2.24, 2.45) is 0 Å². The van der Waals surface area contributed by atoms with Crippen LogP contribution in [0.4, 0.5) is 4.39 Å². The van der Waals surface area contributed by atoms with Crippen LogP contribution in [-0.2, 0) is 0 Å². The van der Waals surface area contributed by atoms with Crippen molar-refractivity contribution in [2.45, 2.75) is 19.9 Å². The molecule has 0 spiro atoms. The van der Waals surface area contributed by atoms with Crippen LogP contribution < -0.4 is 0 Å². The minimum absolute atomic E-state index is 0.142. The van der Waals surface area contributed by atoms with E-state index in [9.17, 15) is 9.18 Å². The van der Waals surface area contributed by atoms with Crippen molar-refractivity contribution in [1.29, 1.82) is 0 Å². The SMILES string of the molecule is CC(C)n1cc(C(=O)C=Cc2cccc(F)c2)cn1. The molecule has 0 bridgehead atoms. The highest BCUT2D eigenvalue weighted by molar-refractivity contribution is 6.06. The minimum Gasteiger partial charge on any atom is -0.289 e. The number of aromatic nitrogens is 2. The quantitative estimate of drug-likeness (QED) is 0.621. The summed E-state index contributed by atoms with van der Waals surface area (Å²) in [5, 5.41) is 4.11. The van der Waals surface area contributed by atoms with Crippen LogP contribution in [0.15, 0.2) is 42.7 Å². The van der Waals surface area contributed by atoms with E-state index in [1.807, 2.05) is 13.8 Å². The number of ketones is 1. The fourth-order valence-corrected chi connectivity index (χ4v) is 1.63. The van der Waals surface area contributed by atoms with E-state index in [4.69, 9.17) is 0 Å². The van der Waals surface area contributed by atoms with Crippen LogP contribution in [0, 0.1) is 5.82 Å². The first-order chi connectivity index (χ1) is 9.06. The van der Waals surface area contributed by atoms with Gasteiger partial charge in [0, 0.05) is 12.2 Å². The van der Waals surface area contributed by atoms with E-state index in [-0.39, 0.29) is 17.6 Å². The molecule has 4 heteroatoms. The first kappa shape index (κ1) is 13.2. The van der Waals surface area contributed by atoms with Gasteiger partial charge in [0.1, 0.15) is 5.82 Å². The third-order valence-electron chi connectivity index (χ3n) is 2.69. The van der Waals surface area contributed by atoms with Crippen molar-refractivity contribution < 1.29 is 9.18 Å². The Morgan fingerprint density at radius 1 is 1.42 bits per heavy atom. The van der Waals surface area contributed by atoms with Crippen LogP contribution in [0.5, 0.6) is 0 Å². The second-order valence-electron chi connectivity index (χ2n) is 4.56. The summed E-state index contributed by atoms with van der Waals surface area (Å²) in [6.07, 6.45) is 6.27. The maximum atomic E-state index is 13.0. The Morgan fingerprint density at radius 2 is 2.21 bits per heavy atom. The van der Waals surface area contributed by atoms with E-state index in [2.05, 4.69) is 5.10 Å². The van der Waals surface area contributed by atoms with E-state index < -0.39 is 0 Å². The van der Waals surface area contributed by atoms with Gasteiger partial charge in [-0.2, -0.15) is 5.10 Å². The summed E-state index contributed by atoms with van der Waals surface area (Å²) in [4.78, 5) is 11.9. The van der Waals surface area contributed by atoms with Gasteiger partial charge in [-0.05, 0) is 37.6 Å². The fourth-order valence-electron chi connectivity index (χ4n) is 1.63. The standard InChI is InChI=1S/C15H15FN2O/c1-11(2)18-10-13(9-17-18)15(19)7-6-12-4-3-5-14(16)8-12/h3-11H,1-2H3. The van der Waals surface area contributed by atoms with E-state index in [1.165, 1.54) is 24.4 Å². The van der Waals surface area contributed by atoms with Gasteiger partial charge in [-0.1, -0.05) is 18.2 Å². The van der Waals surface area contributed by atoms with Crippen LogP contribution in [0.25, 0.3) is 6.08 Å². The van der Waals surface area contributed by atoms with Gasteiger partial charge in [-0.3, -0.25) is 9.48 Å². The third-order valence-corrected chi connectivity index (χ3v) is 2.69. The summed E-state index contributed by atoms with van der Waals surface area (Å²) in [5.41, 5.74) is 1.19. The molecule has 0 aliphatic rings. The average molecular weight is 258 g/mol. The summed E-state index contributed by atoms with van der Waals surface area (Å²) in [5.74, 6) is -0.460. The number of allylic oxidation sites excluding steroid dienone is 1. The molecule has 1 aromatic heterocycles. The number of halogens is 1. The van der Waals surface area contributed by atoms with Gasteiger partial charge in [0.05, 0.1) is 11.8 Å². The van der Waals surface area contributed by atoms with Gasteiger partial charge in [0.25, 0.3) is 0 Å². The molecular weight excluding hydrogens is 243 g/mol. The third kappa shape index (κ3) is 3.37. The lowest BCUT2D eigenvalue weighted by Gasteiger charge is -2.02. The highest BCUT2D eigenvalue weighted by Gasteiger charge is 2.06. The summed E-state index contributed by atoms with van der Waals surface area (Å²) in [7, 11) is 0. The van der Waals surface area contributed by atoms with Crippen molar-refractivity contribution in [1.82, 2.24) is 9.78 Å². The normalized spacial score (nSPS) is 11.4. The Kier molecular flexibility index (Phi) is 3.90. The summed E-state index contributed by atoms with van der Waals surface area (Å²) in [6, 6.07) is 6.31. The zero-order chi connectivity index (χ0) is 13.8. The summed E-state index contributed by atoms with van der Waals surface area (Å²) >= 11 is 0. The monoisotopic (exact) mass is 258 g/mol. The lowest BCUT2D eigenvalue weighted by molar-refractivity contribution is 0.104. The number of hydrogen-bond donors (Lipinski definition) is 0. The van der Waals surface area contributed by atoms with Crippen molar-refractivity contribution in [3.05, 3.63) is 59.7 Å². The maximum Gasteiger partial charge on any atom is 0.189 e. The van der Waals surface area contributed by atoms with Crippen LogP contribution in [0.2, 0.25) is 0 Å². The number of benzene rings is 1. The first-order valence-corrected chi connectivity index (χ1v) is 6.08. The van der Waals surface area contributed by atoms with Crippen LogP contribution >= 0.6 is 0 Å². The predicted octanol–water partition coefficient (Wildman–Crippen LogP) is 3.50. The Hall–Kier alpha value is -2.23.